The van der Waals surface area contributed by atoms with Crippen LogP contribution in [0.3, 0.4) is 0 Å². The highest BCUT2D eigenvalue weighted by atomic mass is 16.3. The van der Waals surface area contributed by atoms with Crippen LogP contribution in [-0.2, 0) is 13.1 Å². The molecular weight excluding hydrogens is 628 g/mol. The van der Waals surface area contributed by atoms with Crippen molar-refractivity contribution in [3.05, 3.63) is 120 Å². The molecule has 0 aliphatic rings. The summed E-state index contributed by atoms with van der Waals surface area (Å²) in [7, 11) is 0. The van der Waals surface area contributed by atoms with Crippen LogP contribution in [-0.4, -0.2) is 57.9 Å². The molecule has 0 amide bonds. The lowest BCUT2D eigenvalue weighted by Gasteiger charge is -2.26. The first kappa shape index (κ1) is 33.7. The molecule has 8 rings (SSSR count). The lowest BCUT2D eigenvalue weighted by Crippen LogP contribution is -2.48. The number of nitrogens with one attached hydrogen (secondary N) is 2. The fourth-order valence-corrected chi connectivity index (χ4v) is 6.52. The van der Waals surface area contributed by atoms with E-state index in [2.05, 4.69) is 59.2 Å². The zero-order valence-corrected chi connectivity index (χ0v) is 28.2. The van der Waals surface area contributed by atoms with Gasteiger partial charge in [0.25, 0.3) is 0 Å². The van der Waals surface area contributed by atoms with Crippen molar-refractivity contribution in [2.24, 2.45) is 0 Å². The minimum atomic E-state index is -0.718. The topological polar surface area (TPSA) is 131 Å². The third kappa shape index (κ3) is 6.22. The number of aliphatic hydroxyl groups is 4. The molecule has 8 aromatic rings. The maximum Gasteiger partial charge on any atom is 0.143 e. The van der Waals surface area contributed by atoms with Gasteiger partial charge in [-0.1, -0.05) is 84.9 Å². The van der Waals surface area contributed by atoms with Crippen LogP contribution in [0.2, 0.25) is 0 Å². The average molecular weight is 671 g/mol. The molecule has 0 atom stereocenters. The summed E-state index contributed by atoms with van der Waals surface area (Å²) >= 11 is 0. The van der Waals surface area contributed by atoms with Gasteiger partial charge >= 0.3 is 0 Å². The monoisotopic (exact) mass is 670 g/mol. The largest absolute Gasteiger partial charge is 0.456 e. The van der Waals surface area contributed by atoms with Crippen molar-refractivity contribution < 1.29 is 29.3 Å². The molecule has 0 fully saturated rings. The summed E-state index contributed by atoms with van der Waals surface area (Å²) in [5.41, 5.74) is 4.27. The van der Waals surface area contributed by atoms with Gasteiger partial charge in [0.2, 0.25) is 0 Å². The van der Waals surface area contributed by atoms with E-state index in [1.165, 1.54) is 0 Å². The Balaban J connectivity index is 0.000000157. The Morgan fingerprint density at radius 2 is 0.900 bits per heavy atom. The summed E-state index contributed by atoms with van der Waals surface area (Å²) in [4.78, 5) is 0. The number of benzene rings is 6. The Bertz CT molecular complexity index is 2430. The summed E-state index contributed by atoms with van der Waals surface area (Å²) in [6, 6.07) is 36.7. The standard InChI is InChI=1S/2C21H21NO3/c1-21(12-23,13-24)22-11-14-10-18-16-7-4-5-9-19(16)25-20(18)17-8-3-2-6-15(14)17;1-21(12-23,13-24)22-11-14-10-19-20(16-7-3-2-6-15(14)16)17-8-4-5-9-18(17)25-19/h2*2-10,22-24H,11-13H2,1H3. The van der Waals surface area contributed by atoms with Crippen LogP contribution in [0.5, 0.6) is 0 Å². The van der Waals surface area contributed by atoms with E-state index in [0.29, 0.717) is 13.1 Å². The summed E-state index contributed by atoms with van der Waals surface area (Å²) < 4.78 is 12.2. The molecule has 2 aromatic heterocycles. The second-order valence-corrected chi connectivity index (χ2v) is 13.6. The molecule has 2 heterocycles. The lowest BCUT2D eigenvalue weighted by atomic mass is 9.98. The molecular formula is C42H42N2O6. The van der Waals surface area contributed by atoms with E-state index in [1.807, 2.05) is 60.7 Å². The highest BCUT2D eigenvalue weighted by Gasteiger charge is 2.23. The van der Waals surface area contributed by atoms with Gasteiger partial charge in [-0.2, -0.15) is 0 Å². The van der Waals surface area contributed by atoms with Crippen LogP contribution < -0.4 is 10.6 Å². The van der Waals surface area contributed by atoms with Crippen molar-refractivity contribution in [1.82, 2.24) is 10.6 Å². The first-order valence-electron chi connectivity index (χ1n) is 16.9. The third-order valence-electron chi connectivity index (χ3n) is 9.75. The van der Waals surface area contributed by atoms with Crippen molar-refractivity contribution in [1.29, 1.82) is 0 Å². The highest BCUT2D eigenvalue weighted by Crippen LogP contribution is 2.37. The number of rotatable bonds is 10. The van der Waals surface area contributed by atoms with Gasteiger partial charge in [0.05, 0.1) is 37.5 Å². The van der Waals surface area contributed by atoms with Crippen molar-refractivity contribution >= 4 is 65.4 Å². The molecule has 0 radical (unpaired) electrons. The first-order chi connectivity index (χ1) is 24.3. The zero-order valence-electron chi connectivity index (χ0n) is 28.2. The van der Waals surface area contributed by atoms with Gasteiger partial charge in [-0.3, -0.25) is 0 Å². The lowest BCUT2D eigenvalue weighted by molar-refractivity contribution is 0.103. The summed E-state index contributed by atoms with van der Waals surface area (Å²) in [6.45, 7) is 4.17. The first-order valence-corrected chi connectivity index (χ1v) is 16.9. The van der Waals surface area contributed by atoms with Crippen molar-refractivity contribution in [3.63, 3.8) is 0 Å². The van der Waals surface area contributed by atoms with Crippen LogP contribution in [0, 0.1) is 0 Å². The van der Waals surface area contributed by atoms with Crippen LogP contribution >= 0.6 is 0 Å². The number of aliphatic hydroxyl groups excluding tert-OH is 4. The maximum atomic E-state index is 9.52. The van der Waals surface area contributed by atoms with Crippen molar-refractivity contribution in [3.8, 4) is 0 Å². The molecule has 8 nitrogen and oxygen atoms in total. The fourth-order valence-electron chi connectivity index (χ4n) is 6.52. The van der Waals surface area contributed by atoms with Crippen LogP contribution in [0.25, 0.3) is 65.4 Å². The van der Waals surface area contributed by atoms with Gasteiger partial charge in [0.1, 0.15) is 22.3 Å². The quantitative estimate of drug-likeness (QED) is 0.0905. The average Bonchev–Trinajstić information content (AvgIpc) is 3.74. The fraction of sp³-hybridized carbons (Fsp3) is 0.238. The Hall–Kier alpha value is -4.80. The van der Waals surface area contributed by atoms with E-state index in [-0.39, 0.29) is 26.4 Å². The minimum Gasteiger partial charge on any atom is -0.456 e. The normalized spacial score (nSPS) is 12.4. The number of para-hydroxylation sites is 2. The van der Waals surface area contributed by atoms with E-state index >= 15 is 0 Å². The predicted molar refractivity (Wildman–Crippen MR) is 201 cm³/mol. The molecule has 6 N–H and O–H groups in total. The number of furan rings is 2. The van der Waals surface area contributed by atoms with Gasteiger partial charge in [0.15, 0.2) is 0 Å². The smallest absolute Gasteiger partial charge is 0.143 e. The van der Waals surface area contributed by atoms with Gasteiger partial charge in [0, 0.05) is 40.0 Å². The van der Waals surface area contributed by atoms with E-state index < -0.39 is 11.1 Å². The van der Waals surface area contributed by atoms with E-state index in [0.717, 1.165) is 76.5 Å². The Kier molecular flexibility index (Phi) is 9.32. The van der Waals surface area contributed by atoms with Gasteiger partial charge in [-0.25, -0.2) is 0 Å². The second-order valence-electron chi connectivity index (χ2n) is 13.6. The molecule has 0 spiro atoms. The molecule has 0 bridgehead atoms. The van der Waals surface area contributed by atoms with E-state index in [9.17, 15) is 20.4 Å². The van der Waals surface area contributed by atoms with E-state index in [4.69, 9.17) is 8.83 Å². The van der Waals surface area contributed by atoms with Gasteiger partial charge in [-0.15, -0.1) is 0 Å². The second kappa shape index (κ2) is 13.8. The molecule has 0 saturated heterocycles. The maximum absolute atomic E-state index is 9.52. The molecule has 8 heteroatoms. The summed E-state index contributed by atoms with van der Waals surface area (Å²) in [5, 5.41) is 53.5. The molecule has 0 saturated carbocycles. The third-order valence-corrected chi connectivity index (χ3v) is 9.75. The van der Waals surface area contributed by atoms with E-state index in [1.54, 1.807) is 13.8 Å². The summed E-state index contributed by atoms with van der Waals surface area (Å²) in [6.07, 6.45) is 0. The zero-order chi connectivity index (χ0) is 34.9. The minimum absolute atomic E-state index is 0.127. The van der Waals surface area contributed by atoms with Crippen LogP contribution in [0.4, 0.5) is 0 Å². The highest BCUT2D eigenvalue weighted by molar-refractivity contribution is 6.19. The molecule has 50 heavy (non-hydrogen) atoms. The Labute approximate surface area is 289 Å². The SMILES string of the molecule is CC(CO)(CO)NCc1cc2c3ccccc3oc2c2ccccc12.CC(CO)(CO)NCc1cc2oc3ccccc3c2c2ccccc12. The number of fused-ring (bicyclic) bond motifs is 10. The molecule has 0 unspecified atom stereocenters. The number of hydrogen-bond acceptors (Lipinski definition) is 8. The Morgan fingerprint density at radius 3 is 1.48 bits per heavy atom. The van der Waals surface area contributed by atoms with Gasteiger partial charge in [-0.05, 0) is 65.4 Å². The number of hydrogen-bond donors (Lipinski definition) is 6. The van der Waals surface area contributed by atoms with Crippen molar-refractivity contribution in [2.45, 2.75) is 38.0 Å². The molecule has 6 aromatic carbocycles. The summed E-state index contributed by atoms with van der Waals surface area (Å²) in [5.74, 6) is 0. The van der Waals surface area contributed by atoms with Crippen molar-refractivity contribution in [2.75, 3.05) is 26.4 Å². The molecule has 0 aliphatic heterocycles. The van der Waals surface area contributed by atoms with Gasteiger partial charge < -0.3 is 39.9 Å². The van der Waals surface area contributed by atoms with Crippen LogP contribution in [0.15, 0.2) is 118 Å². The van der Waals surface area contributed by atoms with Crippen LogP contribution in [0.1, 0.15) is 25.0 Å². The predicted octanol–water partition coefficient (Wildman–Crippen LogP) is 7.14. The molecule has 0 aliphatic carbocycles. The molecule has 256 valence electrons. The Morgan fingerprint density at radius 1 is 0.460 bits per heavy atom.